The van der Waals surface area contributed by atoms with E-state index in [0.717, 1.165) is 5.56 Å². The summed E-state index contributed by atoms with van der Waals surface area (Å²) in [6.07, 6.45) is -4.07. The molecule has 10 N–H and O–H groups in total. The van der Waals surface area contributed by atoms with Gasteiger partial charge in [0.25, 0.3) is 0 Å². The van der Waals surface area contributed by atoms with E-state index in [1.54, 1.807) is 12.1 Å². The summed E-state index contributed by atoms with van der Waals surface area (Å²) in [5.74, 6) is -1.05. The van der Waals surface area contributed by atoms with Crippen LogP contribution in [0.2, 0.25) is 0 Å². The molecule has 0 amide bonds. The van der Waals surface area contributed by atoms with Crippen LogP contribution in [0.3, 0.4) is 0 Å². The average molecular weight is 384 g/mol. The van der Waals surface area contributed by atoms with Gasteiger partial charge in [0, 0.05) is 29.6 Å². The molecule has 0 heterocycles. The number of aliphatic carboxylic acids is 1. The first kappa shape index (κ1) is 27.7. The number of hydrogen-bond donors (Lipinski definition) is 9. The van der Waals surface area contributed by atoms with E-state index in [9.17, 15) is 4.79 Å². The van der Waals surface area contributed by atoms with Crippen LogP contribution in [0.25, 0.3) is 0 Å². The van der Waals surface area contributed by atoms with Crippen molar-refractivity contribution in [3.63, 3.8) is 0 Å². The Balaban J connectivity index is 0. The molecule has 1 radical (unpaired) electrons. The largest absolute Gasteiger partial charge is 0.488 e. The molecule has 0 aliphatic rings. The molecule has 4 atom stereocenters. The van der Waals surface area contributed by atoms with Gasteiger partial charge in [-0.2, -0.15) is 0 Å². The van der Waals surface area contributed by atoms with Gasteiger partial charge in [-0.05, 0) is 17.4 Å². The molecular weight excluding hydrogens is 360 g/mol. The van der Waals surface area contributed by atoms with Crippen molar-refractivity contribution >= 4 is 48.1 Å². The van der Waals surface area contributed by atoms with Gasteiger partial charge in [-0.1, -0.05) is 24.3 Å². The fraction of sp³-hybridized carbons (Fsp3) is 0.500. The van der Waals surface area contributed by atoms with E-state index in [4.69, 9.17) is 46.4 Å². The molecule has 10 nitrogen and oxygen atoms in total. The van der Waals surface area contributed by atoms with E-state index in [-0.39, 0.29) is 36.0 Å². The fourth-order valence-electron chi connectivity index (χ4n) is 1.64. The normalized spacial score (nSPS) is 14.8. The SMILES string of the molecule is N[C@@H](Cc1ccc(B(O)O)cc1)C(=O)O.OC[C@@H](O)C(O)[C@@H](O)CO.[Na]. The smallest absolute Gasteiger partial charge is 0.480 e. The molecule has 143 valence electrons. The molecule has 0 aliphatic carbocycles. The Bertz CT molecular complexity index is 496. The minimum Gasteiger partial charge on any atom is -0.480 e. The molecule has 0 bridgehead atoms. The van der Waals surface area contributed by atoms with E-state index in [0.29, 0.717) is 5.46 Å². The van der Waals surface area contributed by atoms with Crippen molar-refractivity contribution in [2.45, 2.75) is 30.8 Å². The van der Waals surface area contributed by atoms with E-state index in [2.05, 4.69) is 0 Å². The van der Waals surface area contributed by atoms with Gasteiger partial charge in [0.05, 0.1) is 13.2 Å². The molecule has 26 heavy (non-hydrogen) atoms. The molecule has 12 heteroatoms. The van der Waals surface area contributed by atoms with Crippen molar-refractivity contribution < 1.29 is 45.5 Å². The maximum atomic E-state index is 10.5. The number of nitrogens with two attached hydrogens (primary N) is 1. The maximum absolute atomic E-state index is 10.5. The number of carboxylic acid groups (broad SMARTS) is 1. The molecule has 0 spiro atoms. The van der Waals surface area contributed by atoms with Crippen LogP contribution >= 0.6 is 0 Å². The number of aliphatic hydroxyl groups excluding tert-OH is 5. The summed E-state index contributed by atoms with van der Waals surface area (Å²) < 4.78 is 0. The van der Waals surface area contributed by atoms with E-state index < -0.39 is 50.7 Å². The molecule has 1 aromatic carbocycles. The van der Waals surface area contributed by atoms with Crippen molar-refractivity contribution in [3.05, 3.63) is 29.8 Å². The van der Waals surface area contributed by atoms with Crippen LogP contribution in [0.15, 0.2) is 24.3 Å². The monoisotopic (exact) mass is 384 g/mol. The summed E-state index contributed by atoms with van der Waals surface area (Å²) >= 11 is 0. The van der Waals surface area contributed by atoms with E-state index >= 15 is 0 Å². The molecule has 1 rings (SSSR count). The first-order valence-corrected chi connectivity index (χ1v) is 7.33. The molecule has 0 aliphatic heterocycles. The standard InChI is InChI=1S/C9H12BNO4.C5H12O5.Na/c11-8(9(12)13)5-6-1-3-7(4-2-6)10(14)15;6-1-3(8)5(10)4(9)2-7;/h1-4,8,14-15H,5,11H2,(H,12,13);3-10H,1-2H2;/t8-;3-,4+,5?;/m0../s1. The van der Waals surface area contributed by atoms with Crippen LogP contribution in [-0.2, 0) is 11.2 Å². The fourth-order valence-corrected chi connectivity index (χ4v) is 1.64. The third kappa shape index (κ3) is 10.6. The zero-order valence-corrected chi connectivity index (χ0v) is 16.4. The van der Waals surface area contributed by atoms with E-state index in [1.165, 1.54) is 12.1 Å². The van der Waals surface area contributed by atoms with Crippen molar-refractivity contribution in [2.24, 2.45) is 5.73 Å². The quantitative estimate of drug-likeness (QED) is 0.195. The van der Waals surface area contributed by atoms with Gasteiger partial charge in [-0.3, -0.25) is 4.79 Å². The summed E-state index contributed by atoms with van der Waals surface area (Å²) in [6.45, 7) is -1.28. The van der Waals surface area contributed by atoms with Crippen molar-refractivity contribution in [1.29, 1.82) is 0 Å². The van der Waals surface area contributed by atoms with Crippen LogP contribution in [0, 0.1) is 0 Å². The molecule has 0 saturated heterocycles. The summed E-state index contributed by atoms with van der Waals surface area (Å²) in [7, 11) is -1.51. The van der Waals surface area contributed by atoms with Crippen LogP contribution in [0.4, 0.5) is 0 Å². The zero-order chi connectivity index (χ0) is 19.6. The molecule has 0 aromatic heterocycles. The number of carboxylic acids is 1. The molecule has 0 fully saturated rings. The second-order valence-electron chi connectivity index (χ2n) is 5.25. The Morgan fingerprint density at radius 3 is 1.73 bits per heavy atom. The second kappa shape index (κ2) is 14.5. The third-order valence-electron chi connectivity index (χ3n) is 3.21. The number of aliphatic hydroxyl groups is 5. The van der Waals surface area contributed by atoms with Gasteiger partial charge in [0.2, 0.25) is 0 Å². The number of carbonyl (C=O) groups is 1. The predicted molar refractivity (Wildman–Crippen MR) is 93.5 cm³/mol. The summed E-state index contributed by atoms with van der Waals surface area (Å²) in [6, 6.07) is 5.35. The summed E-state index contributed by atoms with van der Waals surface area (Å²) in [5.41, 5.74) is 6.46. The molecule has 1 unspecified atom stereocenters. The number of rotatable bonds is 8. The number of benzene rings is 1. The van der Waals surface area contributed by atoms with Crippen molar-refractivity contribution in [3.8, 4) is 0 Å². The molecule has 0 saturated carbocycles. The Morgan fingerprint density at radius 2 is 1.42 bits per heavy atom. The molecule has 1 aromatic rings. The Kier molecular flexibility index (Phi) is 15.4. The van der Waals surface area contributed by atoms with Crippen LogP contribution in [-0.4, -0.2) is 121 Å². The maximum Gasteiger partial charge on any atom is 0.488 e. The van der Waals surface area contributed by atoms with Crippen molar-refractivity contribution in [2.75, 3.05) is 13.2 Å². The first-order valence-electron chi connectivity index (χ1n) is 7.33. The second-order valence-corrected chi connectivity index (χ2v) is 5.25. The average Bonchev–Trinajstić information content (AvgIpc) is 2.60. The van der Waals surface area contributed by atoms with Gasteiger partial charge >= 0.3 is 13.1 Å². The molecular formula is C14H24BNNaO9. The van der Waals surface area contributed by atoms with Gasteiger partial charge in [0.15, 0.2) is 0 Å². The minimum atomic E-state index is -1.51. The predicted octanol–water partition coefficient (Wildman–Crippen LogP) is -5.01. The van der Waals surface area contributed by atoms with Crippen LogP contribution < -0.4 is 11.2 Å². The number of hydrogen-bond acceptors (Lipinski definition) is 9. The van der Waals surface area contributed by atoms with Gasteiger partial charge < -0.3 is 46.4 Å². The first-order chi connectivity index (χ1) is 11.6. The Hall–Kier alpha value is -0.565. The summed E-state index contributed by atoms with van der Waals surface area (Å²) in [5, 5.41) is 68.8. The Labute approximate surface area is 173 Å². The van der Waals surface area contributed by atoms with Crippen LogP contribution in [0.1, 0.15) is 5.56 Å². The van der Waals surface area contributed by atoms with Gasteiger partial charge in [-0.25, -0.2) is 0 Å². The summed E-state index contributed by atoms with van der Waals surface area (Å²) in [4.78, 5) is 10.5. The zero-order valence-electron chi connectivity index (χ0n) is 14.4. The minimum absolute atomic E-state index is 0. The van der Waals surface area contributed by atoms with Gasteiger partial charge in [0.1, 0.15) is 24.4 Å². The van der Waals surface area contributed by atoms with Gasteiger partial charge in [-0.15, -0.1) is 0 Å². The third-order valence-corrected chi connectivity index (χ3v) is 3.21. The van der Waals surface area contributed by atoms with Crippen LogP contribution in [0.5, 0.6) is 0 Å². The van der Waals surface area contributed by atoms with E-state index in [1.807, 2.05) is 0 Å². The Morgan fingerprint density at radius 1 is 1.00 bits per heavy atom. The topological polar surface area (TPSA) is 205 Å². The van der Waals surface area contributed by atoms with Crippen molar-refractivity contribution in [1.82, 2.24) is 0 Å².